The van der Waals surface area contributed by atoms with Crippen LogP contribution in [0.4, 0.5) is 5.69 Å². The fourth-order valence-electron chi connectivity index (χ4n) is 1.72. The second kappa shape index (κ2) is 4.87. The number of hydrogen-bond donors (Lipinski definition) is 3. The third-order valence-corrected chi connectivity index (χ3v) is 2.68. The molecule has 1 aliphatic rings. The van der Waals surface area contributed by atoms with Crippen LogP contribution < -0.4 is 16.0 Å². The van der Waals surface area contributed by atoms with Crippen LogP contribution >= 0.6 is 0 Å². The number of hydrogen-bond acceptors (Lipinski definition) is 3. The molecule has 18 heavy (non-hydrogen) atoms. The largest absolute Gasteiger partial charge is 0.358 e. The molecule has 0 bridgehead atoms. The average Bonchev–Trinajstić information content (AvgIpc) is 2.74. The van der Waals surface area contributed by atoms with Crippen molar-refractivity contribution >= 4 is 23.4 Å². The molecule has 0 atom stereocenters. The smallest absolute Gasteiger partial charge is 0.251 e. The minimum atomic E-state index is -0.333. The van der Waals surface area contributed by atoms with E-state index >= 15 is 0 Å². The summed E-state index contributed by atoms with van der Waals surface area (Å²) < 4.78 is 0. The number of benzene rings is 1. The summed E-state index contributed by atoms with van der Waals surface area (Å²) >= 11 is 0. The van der Waals surface area contributed by atoms with Crippen molar-refractivity contribution in [3.63, 3.8) is 0 Å². The van der Waals surface area contributed by atoms with Crippen LogP contribution in [0.3, 0.4) is 0 Å². The highest BCUT2D eigenvalue weighted by Gasteiger charge is 2.19. The van der Waals surface area contributed by atoms with Crippen LogP contribution in [0, 0.1) is 0 Å². The van der Waals surface area contributed by atoms with E-state index in [2.05, 4.69) is 16.0 Å². The molecule has 94 valence electrons. The predicted octanol–water partition coefficient (Wildman–Crippen LogP) is -0.343. The zero-order valence-corrected chi connectivity index (χ0v) is 9.87. The van der Waals surface area contributed by atoms with E-state index in [1.165, 1.54) is 7.05 Å². The van der Waals surface area contributed by atoms with Gasteiger partial charge >= 0.3 is 0 Å². The van der Waals surface area contributed by atoms with Gasteiger partial charge in [-0.25, -0.2) is 0 Å². The molecule has 1 aromatic rings. The number of rotatable bonds is 3. The Hall–Kier alpha value is -2.37. The molecule has 1 heterocycles. The molecular weight excluding hydrogens is 234 g/mol. The van der Waals surface area contributed by atoms with Gasteiger partial charge in [-0.3, -0.25) is 14.4 Å². The molecule has 0 saturated carbocycles. The third-order valence-electron chi connectivity index (χ3n) is 2.68. The number of fused-ring (bicyclic) bond motifs is 1. The van der Waals surface area contributed by atoms with Crippen molar-refractivity contribution in [3.05, 3.63) is 29.3 Å². The Balaban J connectivity index is 2.06. The Labute approximate surface area is 104 Å². The van der Waals surface area contributed by atoms with Gasteiger partial charge in [0, 0.05) is 18.3 Å². The van der Waals surface area contributed by atoms with Gasteiger partial charge in [0.2, 0.25) is 11.8 Å². The fraction of sp³-hybridized carbons (Fsp3) is 0.250. The topological polar surface area (TPSA) is 87.3 Å². The fourth-order valence-corrected chi connectivity index (χ4v) is 1.72. The zero-order chi connectivity index (χ0) is 13.1. The van der Waals surface area contributed by atoms with Crippen molar-refractivity contribution in [3.8, 4) is 0 Å². The van der Waals surface area contributed by atoms with E-state index in [0.29, 0.717) is 5.56 Å². The van der Waals surface area contributed by atoms with E-state index in [-0.39, 0.29) is 30.7 Å². The SMILES string of the molecule is CNC(=O)CNC(=O)c1ccc2c(c1)CC(=O)N2. The summed E-state index contributed by atoms with van der Waals surface area (Å²) in [4.78, 5) is 33.9. The first-order chi connectivity index (χ1) is 8.60. The van der Waals surface area contributed by atoms with Gasteiger partial charge in [0.25, 0.3) is 5.91 Å². The molecule has 0 radical (unpaired) electrons. The van der Waals surface area contributed by atoms with E-state index in [4.69, 9.17) is 0 Å². The second-order valence-corrected chi connectivity index (χ2v) is 3.95. The summed E-state index contributed by atoms with van der Waals surface area (Å²) in [5.74, 6) is -0.671. The lowest BCUT2D eigenvalue weighted by Gasteiger charge is -2.05. The maximum absolute atomic E-state index is 11.7. The molecule has 6 nitrogen and oxygen atoms in total. The van der Waals surface area contributed by atoms with Crippen molar-refractivity contribution in [1.82, 2.24) is 10.6 Å². The lowest BCUT2D eigenvalue weighted by molar-refractivity contribution is -0.119. The maximum atomic E-state index is 11.7. The summed E-state index contributed by atoms with van der Waals surface area (Å²) in [6.07, 6.45) is 0.284. The molecule has 1 aliphatic heterocycles. The summed E-state index contributed by atoms with van der Waals surface area (Å²) in [6.45, 7) is -0.0659. The van der Waals surface area contributed by atoms with Gasteiger partial charge in [-0.2, -0.15) is 0 Å². The highest BCUT2D eigenvalue weighted by atomic mass is 16.2. The normalized spacial score (nSPS) is 12.6. The van der Waals surface area contributed by atoms with Crippen LogP contribution in [-0.2, 0) is 16.0 Å². The lowest BCUT2D eigenvalue weighted by Crippen LogP contribution is -2.35. The van der Waals surface area contributed by atoms with Crippen molar-refractivity contribution in [1.29, 1.82) is 0 Å². The van der Waals surface area contributed by atoms with E-state index < -0.39 is 0 Å². The number of carbonyl (C=O) groups is 3. The van der Waals surface area contributed by atoms with Crippen molar-refractivity contribution in [2.45, 2.75) is 6.42 Å². The first-order valence-electron chi connectivity index (χ1n) is 5.51. The van der Waals surface area contributed by atoms with Crippen LogP contribution in [-0.4, -0.2) is 31.3 Å². The minimum Gasteiger partial charge on any atom is -0.358 e. The lowest BCUT2D eigenvalue weighted by atomic mass is 10.1. The molecule has 1 aromatic carbocycles. The Kier molecular flexibility index (Phi) is 3.27. The Bertz CT molecular complexity index is 525. The van der Waals surface area contributed by atoms with Crippen LogP contribution in [0.5, 0.6) is 0 Å². The standard InChI is InChI=1S/C12H13N3O3/c1-13-11(17)6-14-12(18)7-2-3-9-8(4-7)5-10(16)15-9/h2-4H,5-6H2,1H3,(H,13,17)(H,14,18)(H,15,16). The minimum absolute atomic E-state index is 0.0659. The van der Waals surface area contributed by atoms with Crippen LogP contribution in [0.15, 0.2) is 18.2 Å². The van der Waals surface area contributed by atoms with Gasteiger partial charge in [-0.15, -0.1) is 0 Å². The molecule has 0 unspecified atom stereocenters. The molecule has 0 aliphatic carbocycles. The number of carbonyl (C=O) groups excluding carboxylic acids is 3. The molecule has 2 rings (SSSR count). The van der Waals surface area contributed by atoms with E-state index in [1.54, 1.807) is 18.2 Å². The summed E-state index contributed by atoms with van der Waals surface area (Å²) in [7, 11) is 1.50. The summed E-state index contributed by atoms with van der Waals surface area (Å²) in [5, 5.41) is 7.59. The quantitative estimate of drug-likeness (QED) is 0.682. The van der Waals surface area contributed by atoms with Crippen molar-refractivity contribution < 1.29 is 14.4 Å². The van der Waals surface area contributed by atoms with Crippen LogP contribution in [0.2, 0.25) is 0 Å². The van der Waals surface area contributed by atoms with E-state index in [9.17, 15) is 14.4 Å². The maximum Gasteiger partial charge on any atom is 0.251 e. The third kappa shape index (κ3) is 2.48. The Morgan fingerprint density at radius 1 is 1.39 bits per heavy atom. The highest BCUT2D eigenvalue weighted by molar-refractivity contribution is 6.02. The van der Waals surface area contributed by atoms with Gasteiger partial charge in [-0.1, -0.05) is 0 Å². The summed E-state index contributed by atoms with van der Waals surface area (Å²) in [5.41, 5.74) is 1.98. The number of anilines is 1. The number of nitrogens with one attached hydrogen (secondary N) is 3. The van der Waals surface area contributed by atoms with Gasteiger partial charge in [-0.05, 0) is 23.8 Å². The van der Waals surface area contributed by atoms with E-state index in [1.807, 2.05) is 0 Å². The molecule has 3 N–H and O–H groups in total. The molecule has 0 spiro atoms. The van der Waals surface area contributed by atoms with Crippen molar-refractivity contribution in [2.75, 3.05) is 18.9 Å². The highest BCUT2D eigenvalue weighted by Crippen LogP contribution is 2.23. The summed E-state index contributed by atoms with van der Waals surface area (Å²) in [6, 6.07) is 4.96. The van der Waals surface area contributed by atoms with Gasteiger partial charge < -0.3 is 16.0 Å². The average molecular weight is 247 g/mol. The molecule has 0 fully saturated rings. The molecule has 0 aromatic heterocycles. The first kappa shape index (κ1) is 12.1. The van der Waals surface area contributed by atoms with Gasteiger partial charge in [0.05, 0.1) is 13.0 Å². The number of amides is 3. The Morgan fingerprint density at radius 3 is 2.89 bits per heavy atom. The van der Waals surface area contributed by atoms with Crippen LogP contribution in [0.25, 0.3) is 0 Å². The van der Waals surface area contributed by atoms with Crippen molar-refractivity contribution in [2.24, 2.45) is 0 Å². The van der Waals surface area contributed by atoms with Gasteiger partial charge in [0.1, 0.15) is 0 Å². The molecule has 0 saturated heterocycles. The zero-order valence-electron chi connectivity index (χ0n) is 9.87. The predicted molar refractivity (Wildman–Crippen MR) is 65.2 cm³/mol. The van der Waals surface area contributed by atoms with Gasteiger partial charge in [0.15, 0.2) is 0 Å². The molecular formula is C12H13N3O3. The number of likely N-dealkylation sites (N-methyl/N-ethyl adjacent to an activating group) is 1. The second-order valence-electron chi connectivity index (χ2n) is 3.95. The van der Waals surface area contributed by atoms with Crippen LogP contribution in [0.1, 0.15) is 15.9 Å². The van der Waals surface area contributed by atoms with E-state index in [0.717, 1.165) is 11.3 Å². The first-order valence-corrected chi connectivity index (χ1v) is 5.51. The molecule has 6 heteroatoms. The monoisotopic (exact) mass is 247 g/mol. The Morgan fingerprint density at radius 2 is 2.17 bits per heavy atom. The molecule has 3 amide bonds.